The van der Waals surface area contributed by atoms with Crippen molar-refractivity contribution in [3.8, 4) is 0 Å². The number of fused-ring (bicyclic) bond motifs is 1. The van der Waals surface area contributed by atoms with E-state index in [1.165, 1.54) is 10.4 Å². The summed E-state index contributed by atoms with van der Waals surface area (Å²) in [4.78, 5) is 8.38. The second-order valence-electron chi connectivity index (χ2n) is 8.28. The quantitative estimate of drug-likeness (QED) is 0.423. The molecule has 0 spiro atoms. The number of nitrogen functional groups attached to an aromatic ring is 1. The Labute approximate surface area is 194 Å². The zero-order chi connectivity index (χ0) is 24.0. The first-order valence-corrected chi connectivity index (χ1v) is 12.3. The number of hydrogen-bond acceptors (Lipinski definition) is 7. The first-order chi connectivity index (χ1) is 15.4. The highest BCUT2D eigenvalue weighted by Crippen LogP contribution is 2.36. The second-order valence-corrected chi connectivity index (χ2v) is 10.8. The van der Waals surface area contributed by atoms with Crippen LogP contribution in [0.3, 0.4) is 0 Å². The molecule has 0 radical (unpaired) electrons. The number of halogens is 4. The SMILES string of the molecule is C[C@@H](Nc1nc(Cl)nc2c1CN(S(=O)(=O)C1CCNCC1)C2)c1cc(N)cc(C(F)(F)F)c1. The van der Waals surface area contributed by atoms with Crippen LogP contribution in [0.1, 0.15) is 48.2 Å². The third-order valence-corrected chi connectivity index (χ3v) is 8.41. The molecule has 2 aromatic rings. The highest BCUT2D eigenvalue weighted by atomic mass is 35.5. The lowest BCUT2D eigenvalue weighted by atomic mass is 10.0. The van der Waals surface area contributed by atoms with Gasteiger partial charge in [0.2, 0.25) is 15.3 Å². The number of hydrogen-bond donors (Lipinski definition) is 3. The van der Waals surface area contributed by atoms with Crippen molar-refractivity contribution in [1.29, 1.82) is 0 Å². The Morgan fingerprint density at radius 1 is 1.21 bits per heavy atom. The summed E-state index contributed by atoms with van der Waals surface area (Å²) in [5.41, 5.74) is 6.17. The minimum atomic E-state index is -4.53. The maximum Gasteiger partial charge on any atom is 0.416 e. The third kappa shape index (κ3) is 5.03. The van der Waals surface area contributed by atoms with Gasteiger partial charge in [-0.05, 0) is 68.2 Å². The minimum Gasteiger partial charge on any atom is -0.399 e. The van der Waals surface area contributed by atoms with Gasteiger partial charge in [-0.15, -0.1) is 0 Å². The van der Waals surface area contributed by atoms with Crippen LogP contribution in [0.4, 0.5) is 24.7 Å². The Hall–Kier alpha value is -2.15. The monoisotopic (exact) mass is 504 g/mol. The number of nitrogens with two attached hydrogens (primary N) is 1. The number of rotatable bonds is 5. The molecule has 0 amide bonds. The van der Waals surface area contributed by atoms with Gasteiger partial charge in [0, 0.05) is 17.8 Å². The fraction of sp³-hybridized carbons (Fsp3) is 0.500. The van der Waals surface area contributed by atoms with Crippen molar-refractivity contribution < 1.29 is 21.6 Å². The fourth-order valence-corrected chi connectivity index (χ4v) is 6.23. The van der Waals surface area contributed by atoms with Crippen LogP contribution in [-0.2, 0) is 29.3 Å². The minimum absolute atomic E-state index is 0.0151. The number of sulfonamides is 1. The number of piperidine rings is 1. The summed E-state index contributed by atoms with van der Waals surface area (Å²) >= 11 is 6.07. The van der Waals surface area contributed by atoms with Gasteiger partial charge in [-0.3, -0.25) is 0 Å². The molecule has 13 heteroatoms. The molecule has 0 bridgehead atoms. The number of nitrogens with zero attached hydrogens (tertiary/aromatic N) is 3. The van der Waals surface area contributed by atoms with Crippen molar-refractivity contribution in [2.24, 2.45) is 0 Å². The summed E-state index contributed by atoms with van der Waals surface area (Å²) in [6.07, 6.45) is -3.48. The molecule has 0 unspecified atom stereocenters. The maximum absolute atomic E-state index is 13.2. The van der Waals surface area contributed by atoms with Gasteiger partial charge in [0.25, 0.3) is 0 Å². The van der Waals surface area contributed by atoms with Crippen LogP contribution in [0.5, 0.6) is 0 Å². The Balaban J connectivity index is 1.59. The summed E-state index contributed by atoms with van der Waals surface area (Å²) in [6.45, 7) is 3.08. The summed E-state index contributed by atoms with van der Waals surface area (Å²) in [5.74, 6) is 0.288. The van der Waals surface area contributed by atoms with E-state index >= 15 is 0 Å². The summed E-state index contributed by atoms with van der Waals surface area (Å²) in [6, 6.07) is 2.73. The number of nitrogens with one attached hydrogen (secondary N) is 2. The van der Waals surface area contributed by atoms with Crippen LogP contribution in [0.25, 0.3) is 0 Å². The summed E-state index contributed by atoms with van der Waals surface area (Å²) in [5, 5.41) is 5.67. The highest BCUT2D eigenvalue weighted by Gasteiger charge is 2.38. The zero-order valence-electron chi connectivity index (χ0n) is 17.8. The molecule has 1 aromatic heterocycles. The van der Waals surface area contributed by atoms with E-state index in [1.807, 2.05) is 0 Å². The lowest BCUT2D eigenvalue weighted by molar-refractivity contribution is -0.137. The van der Waals surface area contributed by atoms with Crippen LogP contribution in [0.2, 0.25) is 5.28 Å². The van der Waals surface area contributed by atoms with Crippen molar-refractivity contribution in [3.63, 3.8) is 0 Å². The van der Waals surface area contributed by atoms with Gasteiger partial charge in [0.1, 0.15) is 5.82 Å². The van der Waals surface area contributed by atoms with Gasteiger partial charge in [0.05, 0.1) is 29.1 Å². The van der Waals surface area contributed by atoms with Gasteiger partial charge in [-0.1, -0.05) is 0 Å². The van der Waals surface area contributed by atoms with Crippen molar-refractivity contribution in [1.82, 2.24) is 19.6 Å². The molecular formula is C20H24ClF3N6O2S. The molecule has 180 valence electrons. The Morgan fingerprint density at radius 3 is 2.58 bits per heavy atom. The number of benzene rings is 1. The van der Waals surface area contributed by atoms with E-state index < -0.39 is 33.1 Å². The molecule has 0 saturated carbocycles. The van der Waals surface area contributed by atoms with Crippen LogP contribution in [0, 0.1) is 0 Å². The predicted octanol–water partition coefficient (Wildman–Crippen LogP) is 3.30. The van der Waals surface area contributed by atoms with Crippen LogP contribution in [0.15, 0.2) is 18.2 Å². The molecule has 4 rings (SSSR count). The molecule has 8 nitrogen and oxygen atoms in total. The second kappa shape index (κ2) is 8.90. The van der Waals surface area contributed by atoms with Crippen LogP contribution < -0.4 is 16.4 Å². The molecule has 0 aliphatic carbocycles. The fourth-order valence-electron chi connectivity index (χ4n) is 4.18. The predicted molar refractivity (Wildman–Crippen MR) is 119 cm³/mol. The first-order valence-electron chi connectivity index (χ1n) is 10.4. The number of anilines is 2. The topological polar surface area (TPSA) is 113 Å². The maximum atomic E-state index is 13.2. The van der Waals surface area contributed by atoms with E-state index in [9.17, 15) is 21.6 Å². The van der Waals surface area contributed by atoms with E-state index in [4.69, 9.17) is 17.3 Å². The van der Waals surface area contributed by atoms with Crippen LogP contribution in [-0.4, -0.2) is 41.0 Å². The molecule has 4 N–H and O–H groups in total. The Kier molecular flexibility index (Phi) is 6.47. The van der Waals surface area contributed by atoms with E-state index in [-0.39, 0.29) is 29.9 Å². The van der Waals surface area contributed by atoms with E-state index in [2.05, 4.69) is 20.6 Å². The Bertz CT molecular complexity index is 1160. The van der Waals surface area contributed by atoms with Crippen molar-refractivity contribution >= 4 is 33.1 Å². The van der Waals surface area contributed by atoms with Gasteiger partial charge in [-0.25, -0.2) is 18.4 Å². The van der Waals surface area contributed by atoms with Crippen LogP contribution >= 0.6 is 11.6 Å². The number of alkyl halides is 3. The van der Waals surface area contributed by atoms with Crippen molar-refractivity contribution in [2.45, 2.75) is 50.3 Å². The zero-order valence-corrected chi connectivity index (χ0v) is 19.4. The average Bonchev–Trinajstić information content (AvgIpc) is 3.18. The molecule has 2 aliphatic rings. The van der Waals surface area contributed by atoms with Crippen molar-refractivity contribution in [3.05, 3.63) is 45.9 Å². The van der Waals surface area contributed by atoms with Gasteiger partial charge < -0.3 is 16.4 Å². The van der Waals surface area contributed by atoms with Gasteiger partial charge >= 0.3 is 6.18 Å². The third-order valence-electron chi connectivity index (χ3n) is 5.95. The smallest absolute Gasteiger partial charge is 0.399 e. The summed E-state index contributed by atoms with van der Waals surface area (Å²) in [7, 11) is -3.55. The lowest BCUT2D eigenvalue weighted by Gasteiger charge is -2.27. The summed E-state index contributed by atoms with van der Waals surface area (Å²) < 4.78 is 67.3. The number of aromatic nitrogens is 2. The molecule has 1 aromatic carbocycles. The van der Waals surface area contributed by atoms with Gasteiger partial charge in [-0.2, -0.15) is 17.5 Å². The molecule has 1 fully saturated rings. The molecule has 33 heavy (non-hydrogen) atoms. The average molecular weight is 505 g/mol. The highest BCUT2D eigenvalue weighted by molar-refractivity contribution is 7.89. The Morgan fingerprint density at radius 2 is 1.91 bits per heavy atom. The molecular weight excluding hydrogens is 481 g/mol. The van der Waals surface area contributed by atoms with E-state index in [0.717, 1.165) is 12.1 Å². The normalized spacial score (nSPS) is 18.8. The van der Waals surface area contributed by atoms with Gasteiger partial charge in [0.15, 0.2) is 0 Å². The van der Waals surface area contributed by atoms with Crippen molar-refractivity contribution in [2.75, 3.05) is 24.1 Å². The first kappa shape index (κ1) is 24.0. The largest absolute Gasteiger partial charge is 0.416 e. The molecule has 1 saturated heterocycles. The lowest BCUT2D eigenvalue weighted by Crippen LogP contribution is -2.42. The van der Waals surface area contributed by atoms with E-state index in [0.29, 0.717) is 42.8 Å². The standard InChI is InChI=1S/C20H24ClF3N6O2S/c1-11(12-6-13(20(22,23)24)8-14(25)7-12)27-18-16-9-30(10-17(16)28-19(21)29-18)33(31,32)15-2-4-26-5-3-15/h6-8,11,15,26H,2-5,9-10,25H2,1H3,(H,27,28,29)/t11-/m1/s1. The molecule has 3 heterocycles. The van der Waals surface area contributed by atoms with E-state index in [1.54, 1.807) is 6.92 Å². The molecule has 1 atom stereocenters. The molecule has 2 aliphatic heterocycles.